The van der Waals surface area contributed by atoms with Gasteiger partial charge in [-0.05, 0) is 86.3 Å². The van der Waals surface area contributed by atoms with Gasteiger partial charge in [0.15, 0.2) is 0 Å². The Labute approximate surface area is 197 Å². The summed E-state index contributed by atoms with van der Waals surface area (Å²) in [4.78, 5) is 12.6. The highest BCUT2D eigenvalue weighted by molar-refractivity contribution is 5.75. The minimum atomic E-state index is -0.653. The predicted molar refractivity (Wildman–Crippen MR) is 127 cm³/mol. The van der Waals surface area contributed by atoms with Gasteiger partial charge in [0, 0.05) is 6.07 Å². The number of esters is 1. The zero-order valence-electron chi connectivity index (χ0n) is 19.5. The molecule has 2 fully saturated rings. The molecule has 0 heterocycles. The van der Waals surface area contributed by atoms with Crippen LogP contribution in [-0.2, 0) is 4.79 Å². The lowest BCUT2D eigenvalue weighted by atomic mass is 9.68. The third-order valence-corrected chi connectivity index (χ3v) is 8.00. The monoisotopic (exact) mass is 447 g/mol. The number of rotatable bonds is 6. The molecule has 0 aliphatic heterocycles. The molecular formula is C29H34FNO2. The number of nitriles is 1. The van der Waals surface area contributed by atoms with Gasteiger partial charge >= 0.3 is 5.97 Å². The van der Waals surface area contributed by atoms with E-state index in [1.165, 1.54) is 49.8 Å². The Balaban J connectivity index is 1.20. The molecule has 2 aromatic rings. The summed E-state index contributed by atoms with van der Waals surface area (Å²) in [5.41, 5.74) is 1.41. The summed E-state index contributed by atoms with van der Waals surface area (Å²) in [6.07, 6.45) is 10.4. The van der Waals surface area contributed by atoms with E-state index in [1.54, 1.807) is 6.07 Å². The van der Waals surface area contributed by atoms with Crippen LogP contribution in [0.4, 0.5) is 4.39 Å². The van der Waals surface area contributed by atoms with Crippen molar-refractivity contribution in [3.05, 3.63) is 65.5 Å². The van der Waals surface area contributed by atoms with Crippen LogP contribution in [0.25, 0.3) is 0 Å². The molecule has 4 heteroatoms. The number of benzene rings is 2. The van der Waals surface area contributed by atoms with Crippen molar-refractivity contribution in [3.8, 4) is 11.8 Å². The molecule has 3 nitrogen and oxygen atoms in total. The Morgan fingerprint density at radius 3 is 2.24 bits per heavy atom. The second kappa shape index (κ2) is 11.0. The van der Waals surface area contributed by atoms with Gasteiger partial charge in [-0.2, -0.15) is 5.26 Å². The van der Waals surface area contributed by atoms with Crippen LogP contribution < -0.4 is 4.74 Å². The fraction of sp³-hybridized carbons (Fsp3) is 0.517. The molecule has 2 aliphatic rings. The molecule has 4 rings (SSSR count). The average molecular weight is 448 g/mol. The molecular weight excluding hydrogens is 413 g/mol. The van der Waals surface area contributed by atoms with Crippen LogP contribution >= 0.6 is 0 Å². The second-order valence-electron chi connectivity index (χ2n) is 10.1. The molecule has 0 N–H and O–H groups in total. The lowest BCUT2D eigenvalue weighted by Gasteiger charge is -2.38. The van der Waals surface area contributed by atoms with Crippen molar-refractivity contribution in [1.82, 2.24) is 0 Å². The first kappa shape index (κ1) is 23.5. The molecule has 2 aliphatic carbocycles. The normalized spacial score (nSPS) is 26.2. The van der Waals surface area contributed by atoms with Crippen LogP contribution in [0.2, 0.25) is 0 Å². The lowest BCUT2D eigenvalue weighted by molar-refractivity contribution is -0.140. The Hall–Kier alpha value is -2.67. The first-order valence-corrected chi connectivity index (χ1v) is 12.5. The van der Waals surface area contributed by atoms with Crippen molar-refractivity contribution in [3.63, 3.8) is 0 Å². The number of carbonyl (C=O) groups is 1. The van der Waals surface area contributed by atoms with Crippen LogP contribution in [0.3, 0.4) is 0 Å². The van der Waals surface area contributed by atoms with Crippen molar-refractivity contribution in [2.45, 2.75) is 70.6 Å². The van der Waals surface area contributed by atoms with Gasteiger partial charge in [-0.15, -0.1) is 0 Å². The smallest absolute Gasteiger partial charge is 0.314 e. The molecule has 0 unspecified atom stereocenters. The van der Waals surface area contributed by atoms with Crippen LogP contribution in [0.1, 0.15) is 81.8 Å². The highest BCUT2D eigenvalue weighted by Gasteiger charge is 2.34. The summed E-state index contributed by atoms with van der Waals surface area (Å²) in [5.74, 6) is 2.11. The zero-order chi connectivity index (χ0) is 23.2. The van der Waals surface area contributed by atoms with E-state index in [1.807, 2.05) is 0 Å². The van der Waals surface area contributed by atoms with Crippen molar-refractivity contribution >= 4 is 5.97 Å². The van der Waals surface area contributed by atoms with E-state index in [9.17, 15) is 9.18 Å². The maximum Gasteiger partial charge on any atom is 0.314 e. The second-order valence-corrected chi connectivity index (χ2v) is 10.1. The summed E-state index contributed by atoms with van der Waals surface area (Å²) < 4.78 is 19.2. The van der Waals surface area contributed by atoms with Crippen molar-refractivity contribution in [1.29, 1.82) is 5.26 Å². The van der Waals surface area contributed by atoms with E-state index in [-0.39, 0.29) is 23.2 Å². The maximum atomic E-state index is 13.8. The Morgan fingerprint density at radius 1 is 1.00 bits per heavy atom. The summed E-state index contributed by atoms with van der Waals surface area (Å²) in [6.45, 7) is 2.36. The first-order valence-electron chi connectivity index (χ1n) is 12.5. The van der Waals surface area contributed by atoms with E-state index in [2.05, 4.69) is 37.3 Å². The van der Waals surface area contributed by atoms with E-state index in [0.717, 1.165) is 43.6 Å². The minimum absolute atomic E-state index is 0.0421. The van der Waals surface area contributed by atoms with Gasteiger partial charge in [0.2, 0.25) is 0 Å². The van der Waals surface area contributed by atoms with Crippen LogP contribution in [0, 0.1) is 40.8 Å². The first-order chi connectivity index (χ1) is 16.0. The Kier molecular flexibility index (Phi) is 7.81. The van der Waals surface area contributed by atoms with Gasteiger partial charge in [-0.1, -0.05) is 50.1 Å². The topological polar surface area (TPSA) is 50.1 Å². The number of ether oxygens (including phenoxy) is 1. The van der Waals surface area contributed by atoms with Crippen LogP contribution in [-0.4, -0.2) is 5.97 Å². The van der Waals surface area contributed by atoms with Gasteiger partial charge in [-0.25, -0.2) is 4.39 Å². The fourth-order valence-corrected chi connectivity index (χ4v) is 5.99. The van der Waals surface area contributed by atoms with Gasteiger partial charge in [-0.3, -0.25) is 4.79 Å². The van der Waals surface area contributed by atoms with E-state index in [4.69, 9.17) is 10.00 Å². The highest BCUT2D eigenvalue weighted by Crippen LogP contribution is 2.43. The van der Waals surface area contributed by atoms with Gasteiger partial charge in [0.1, 0.15) is 17.6 Å². The third kappa shape index (κ3) is 6.02. The molecule has 174 valence electrons. The molecule has 0 aromatic heterocycles. The quantitative estimate of drug-likeness (QED) is 0.342. The molecule has 2 aromatic carbocycles. The number of halogens is 1. The molecule has 0 bridgehead atoms. The third-order valence-electron chi connectivity index (χ3n) is 8.00. The maximum absolute atomic E-state index is 13.8. The fourth-order valence-electron chi connectivity index (χ4n) is 5.99. The van der Waals surface area contributed by atoms with E-state index < -0.39 is 5.82 Å². The number of hydrogen-bond donors (Lipinski definition) is 0. The summed E-state index contributed by atoms with van der Waals surface area (Å²) >= 11 is 0. The van der Waals surface area contributed by atoms with Crippen LogP contribution in [0.5, 0.6) is 5.75 Å². The van der Waals surface area contributed by atoms with Gasteiger partial charge in [0.25, 0.3) is 0 Å². The molecule has 0 spiro atoms. The highest BCUT2D eigenvalue weighted by atomic mass is 19.1. The molecule has 0 amide bonds. The Bertz CT molecular complexity index is 967. The predicted octanol–water partition coefficient (Wildman–Crippen LogP) is 7.41. The summed E-state index contributed by atoms with van der Waals surface area (Å²) in [7, 11) is 0. The van der Waals surface area contributed by atoms with Crippen molar-refractivity contribution in [2.75, 3.05) is 0 Å². The summed E-state index contributed by atoms with van der Waals surface area (Å²) in [5, 5.41) is 8.83. The van der Waals surface area contributed by atoms with E-state index >= 15 is 0 Å². The molecule has 33 heavy (non-hydrogen) atoms. The average Bonchev–Trinajstić information content (AvgIpc) is 2.85. The number of carbonyl (C=O) groups excluding carboxylic acids is 1. The lowest BCUT2D eigenvalue weighted by Crippen LogP contribution is -2.30. The minimum Gasteiger partial charge on any atom is -0.426 e. The van der Waals surface area contributed by atoms with Crippen molar-refractivity contribution in [2.24, 2.45) is 23.7 Å². The molecule has 0 radical (unpaired) electrons. The number of nitrogens with zero attached hydrogens (tertiary/aromatic N) is 1. The summed E-state index contributed by atoms with van der Waals surface area (Å²) in [6, 6.07) is 16.6. The SMILES string of the molecule is C[C@@H](CC1CCC(C2CCC(C(=O)Oc3ccc(C#N)c(F)c3)CC2)CC1)c1ccccc1. The Morgan fingerprint density at radius 2 is 1.64 bits per heavy atom. The molecule has 2 saturated carbocycles. The zero-order valence-corrected chi connectivity index (χ0v) is 19.5. The van der Waals surface area contributed by atoms with Crippen molar-refractivity contribution < 1.29 is 13.9 Å². The van der Waals surface area contributed by atoms with E-state index in [0.29, 0.717) is 11.8 Å². The van der Waals surface area contributed by atoms with Crippen LogP contribution in [0.15, 0.2) is 48.5 Å². The number of hydrogen-bond acceptors (Lipinski definition) is 3. The van der Waals surface area contributed by atoms with Gasteiger partial charge in [0.05, 0.1) is 11.5 Å². The molecule has 1 atom stereocenters. The standard InChI is InChI=1S/C29H34FNO2/c1-20(22-5-3-2-4-6-22)17-21-7-9-23(10-8-21)24-11-13-25(14-12-24)29(32)33-27-16-15-26(19-31)28(30)18-27/h2-6,15-16,18,20-21,23-25H,7-14,17H2,1H3/t20-,21?,23?,24?,25?/m0/s1. The van der Waals surface area contributed by atoms with Gasteiger partial charge < -0.3 is 4.74 Å². The molecule has 0 saturated heterocycles. The largest absolute Gasteiger partial charge is 0.426 e.